The summed E-state index contributed by atoms with van der Waals surface area (Å²) < 4.78 is 19.2. The van der Waals surface area contributed by atoms with Crippen molar-refractivity contribution in [1.82, 2.24) is 4.90 Å². The van der Waals surface area contributed by atoms with Crippen LogP contribution in [-0.4, -0.2) is 50.6 Å². The summed E-state index contributed by atoms with van der Waals surface area (Å²) in [4.78, 5) is 16.5. The minimum absolute atomic E-state index is 0.116. The zero-order chi connectivity index (χ0) is 19.4. The normalized spacial score (nSPS) is 14.9. The van der Waals surface area contributed by atoms with Crippen molar-refractivity contribution in [1.29, 1.82) is 0 Å². The van der Waals surface area contributed by atoms with Gasteiger partial charge in [-0.2, -0.15) is 0 Å². The highest BCUT2D eigenvalue weighted by Crippen LogP contribution is 2.31. The highest BCUT2D eigenvalue weighted by Gasteiger charge is 2.21. The van der Waals surface area contributed by atoms with Crippen molar-refractivity contribution in [3.63, 3.8) is 0 Å². The highest BCUT2D eigenvalue weighted by molar-refractivity contribution is 6.31. The van der Waals surface area contributed by atoms with Gasteiger partial charge in [0.15, 0.2) is 0 Å². The van der Waals surface area contributed by atoms with Crippen LogP contribution in [0.3, 0.4) is 0 Å². The molecule has 1 fully saturated rings. The van der Waals surface area contributed by atoms with Crippen LogP contribution < -0.4 is 15.0 Å². The average molecular weight is 392 g/mol. The Bertz CT molecular complexity index is 823. The number of para-hydroxylation sites is 1. The number of nitrogens with one attached hydrogen (secondary N) is 1. The Morgan fingerprint density at radius 1 is 1.22 bits per heavy atom. The summed E-state index contributed by atoms with van der Waals surface area (Å²) in [5.74, 6) is 0.201. The summed E-state index contributed by atoms with van der Waals surface area (Å²) in [6, 6.07) is 10.3. The van der Waals surface area contributed by atoms with E-state index >= 15 is 0 Å². The molecule has 7 heteroatoms. The Balaban J connectivity index is 1.56. The van der Waals surface area contributed by atoms with Gasteiger partial charge in [0.05, 0.1) is 25.0 Å². The monoisotopic (exact) mass is 391 g/mol. The second kappa shape index (κ2) is 8.59. The lowest BCUT2D eigenvalue weighted by Crippen LogP contribution is -2.48. The van der Waals surface area contributed by atoms with E-state index in [1.807, 2.05) is 17.9 Å². The summed E-state index contributed by atoms with van der Waals surface area (Å²) in [6.45, 7) is 4.89. The molecule has 2 aromatic carbocycles. The van der Waals surface area contributed by atoms with Crippen molar-refractivity contribution in [3.05, 3.63) is 52.8 Å². The molecule has 5 nitrogen and oxygen atoms in total. The molecule has 0 radical (unpaired) electrons. The van der Waals surface area contributed by atoms with Crippen LogP contribution in [0.2, 0.25) is 5.02 Å². The number of methoxy groups -OCH3 is 1. The number of amides is 1. The van der Waals surface area contributed by atoms with Crippen LogP contribution in [0, 0.1) is 12.7 Å². The van der Waals surface area contributed by atoms with Gasteiger partial charge >= 0.3 is 0 Å². The fraction of sp³-hybridized carbons (Fsp3) is 0.350. The number of carbonyl (C=O) groups excluding carboxylic acids is 1. The highest BCUT2D eigenvalue weighted by atomic mass is 35.5. The molecule has 0 aromatic heterocycles. The molecule has 1 saturated heterocycles. The number of benzene rings is 2. The minimum Gasteiger partial charge on any atom is -0.495 e. The molecule has 0 aliphatic carbocycles. The molecule has 27 heavy (non-hydrogen) atoms. The zero-order valence-electron chi connectivity index (χ0n) is 15.5. The molecule has 0 saturated carbocycles. The molecule has 0 atom stereocenters. The Morgan fingerprint density at radius 2 is 1.93 bits per heavy atom. The molecular weight excluding hydrogens is 369 g/mol. The topological polar surface area (TPSA) is 44.8 Å². The Labute approximate surface area is 163 Å². The Hall–Kier alpha value is -2.31. The van der Waals surface area contributed by atoms with E-state index in [4.69, 9.17) is 16.3 Å². The summed E-state index contributed by atoms with van der Waals surface area (Å²) in [7, 11) is 1.54. The van der Waals surface area contributed by atoms with Crippen LogP contribution in [0.1, 0.15) is 5.56 Å². The first-order valence-electron chi connectivity index (χ1n) is 8.83. The van der Waals surface area contributed by atoms with E-state index in [1.54, 1.807) is 31.4 Å². The number of anilines is 2. The molecule has 144 valence electrons. The van der Waals surface area contributed by atoms with Gasteiger partial charge in [-0.05, 0) is 30.7 Å². The third-order valence-corrected chi connectivity index (χ3v) is 5.09. The van der Waals surface area contributed by atoms with E-state index in [1.165, 1.54) is 6.07 Å². The lowest BCUT2D eigenvalue weighted by molar-refractivity contribution is -0.117. The van der Waals surface area contributed by atoms with Crippen LogP contribution in [-0.2, 0) is 4.79 Å². The largest absolute Gasteiger partial charge is 0.495 e. The molecule has 2 aromatic rings. The van der Waals surface area contributed by atoms with E-state index in [0.29, 0.717) is 48.3 Å². The third kappa shape index (κ3) is 4.70. The molecule has 1 aliphatic rings. The van der Waals surface area contributed by atoms with Gasteiger partial charge < -0.3 is 15.0 Å². The van der Waals surface area contributed by atoms with Crippen molar-refractivity contribution in [2.45, 2.75) is 6.92 Å². The number of halogens is 2. The second-order valence-corrected chi connectivity index (χ2v) is 6.97. The third-order valence-electron chi connectivity index (χ3n) is 4.69. The Kier molecular flexibility index (Phi) is 6.19. The smallest absolute Gasteiger partial charge is 0.238 e. The summed E-state index contributed by atoms with van der Waals surface area (Å²) in [5.41, 5.74) is 2.09. The van der Waals surface area contributed by atoms with Gasteiger partial charge in [0.25, 0.3) is 0 Å². The zero-order valence-corrected chi connectivity index (χ0v) is 16.2. The van der Waals surface area contributed by atoms with Gasteiger partial charge in [-0.3, -0.25) is 9.69 Å². The lowest BCUT2D eigenvalue weighted by atomic mass is 10.2. The molecule has 1 heterocycles. The number of hydrogen-bond donors (Lipinski definition) is 1. The fourth-order valence-corrected chi connectivity index (χ4v) is 3.33. The first-order valence-corrected chi connectivity index (χ1v) is 9.21. The average Bonchev–Trinajstić information content (AvgIpc) is 2.65. The second-order valence-electron chi connectivity index (χ2n) is 6.56. The maximum Gasteiger partial charge on any atom is 0.238 e. The van der Waals surface area contributed by atoms with Crippen molar-refractivity contribution in [2.75, 3.05) is 50.1 Å². The van der Waals surface area contributed by atoms with Crippen molar-refractivity contribution in [3.8, 4) is 5.75 Å². The first-order chi connectivity index (χ1) is 13.0. The molecule has 1 N–H and O–H groups in total. The van der Waals surface area contributed by atoms with E-state index in [9.17, 15) is 9.18 Å². The van der Waals surface area contributed by atoms with Gasteiger partial charge in [0.2, 0.25) is 5.91 Å². The Morgan fingerprint density at radius 3 is 2.59 bits per heavy atom. The van der Waals surface area contributed by atoms with Crippen LogP contribution >= 0.6 is 11.6 Å². The fourth-order valence-electron chi connectivity index (χ4n) is 3.18. The van der Waals surface area contributed by atoms with Crippen LogP contribution in [0.5, 0.6) is 5.75 Å². The standard InChI is InChI=1S/C20H23ClFN3O2/c1-14-11-17(19(27-2)12-15(14)21)23-20(26)13-24-7-9-25(10-8-24)18-6-4-3-5-16(18)22/h3-6,11-12H,7-10,13H2,1-2H3,(H,23,26). The van der Waals surface area contributed by atoms with Gasteiger partial charge in [0.1, 0.15) is 11.6 Å². The van der Waals surface area contributed by atoms with Crippen LogP contribution in [0.4, 0.5) is 15.8 Å². The molecule has 0 spiro atoms. The number of aryl methyl sites for hydroxylation is 1. The lowest BCUT2D eigenvalue weighted by Gasteiger charge is -2.35. The molecule has 0 bridgehead atoms. The van der Waals surface area contributed by atoms with Crippen molar-refractivity contribution >= 4 is 28.9 Å². The van der Waals surface area contributed by atoms with E-state index in [2.05, 4.69) is 10.2 Å². The SMILES string of the molecule is COc1cc(Cl)c(C)cc1NC(=O)CN1CCN(c2ccccc2F)CC1. The van der Waals surface area contributed by atoms with E-state index < -0.39 is 0 Å². The van der Waals surface area contributed by atoms with Crippen LogP contribution in [0.15, 0.2) is 36.4 Å². The minimum atomic E-state index is -0.214. The van der Waals surface area contributed by atoms with E-state index in [0.717, 1.165) is 5.56 Å². The maximum absolute atomic E-state index is 13.9. The number of nitrogens with zero attached hydrogens (tertiary/aromatic N) is 2. The number of carbonyl (C=O) groups is 1. The van der Waals surface area contributed by atoms with Gasteiger partial charge in [-0.15, -0.1) is 0 Å². The van der Waals surface area contributed by atoms with E-state index in [-0.39, 0.29) is 18.3 Å². The quantitative estimate of drug-likeness (QED) is 0.846. The predicted molar refractivity (Wildman–Crippen MR) is 106 cm³/mol. The maximum atomic E-state index is 13.9. The number of piperazine rings is 1. The number of ether oxygens (including phenoxy) is 1. The molecule has 0 unspecified atom stereocenters. The predicted octanol–water partition coefficient (Wildman–Crippen LogP) is 3.56. The molecule has 1 amide bonds. The first kappa shape index (κ1) is 19.5. The summed E-state index contributed by atoms with van der Waals surface area (Å²) in [5, 5.41) is 3.48. The molecular formula is C20H23ClFN3O2. The number of rotatable bonds is 5. The van der Waals surface area contributed by atoms with Gasteiger partial charge in [-0.25, -0.2) is 4.39 Å². The summed E-state index contributed by atoms with van der Waals surface area (Å²) >= 11 is 6.10. The molecule has 1 aliphatic heterocycles. The van der Waals surface area contributed by atoms with Gasteiger partial charge in [-0.1, -0.05) is 23.7 Å². The van der Waals surface area contributed by atoms with Crippen molar-refractivity contribution < 1.29 is 13.9 Å². The summed E-state index contributed by atoms with van der Waals surface area (Å²) in [6.07, 6.45) is 0. The van der Waals surface area contributed by atoms with Gasteiger partial charge in [0, 0.05) is 37.3 Å². The van der Waals surface area contributed by atoms with Crippen LogP contribution in [0.25, 0.3) is 0 Å². The van der Waals surface area contributed by atoms with Crippen molar-refractivity contribution in [2.24, 2.45) is 0 Å². The number of hydrogen-bond acceptors (Lipinski definition) is 4. The molecule has 3 rings (SSSR count).